The van der Waals surface area contributed by atoms with Gasteiger partial charge in [0.2, 0.25) is 0 Å². The zero-order valence-electron chi connectivity index (χ0n) is 11.8. The molecule has 0 fully saturated rings. The van der Waals surface area contributed by atoms with Gasteiger partial charge in [0, 0.05) is 4.47 Å². The van der Waals surface area contributed by atoms with Gasteiger partial charge in [-0.15, -0.1) is 6.58 Å². The fourth-order valence-corrected chi connectivity index (χ4v) is 2.51. The lowest BCUT2D eigenvalue weighted by atomic mass is 10.1. The highest BCUT2D eigenvalue weighted by Crippen LogP contribution is 2.21. The molecule has 1 atom stereocenters. The van der Waals surface area contributed by atoms with Crippen LogP contribution in [0.3, 0.4) is 0 Å². The fourth-order valence-electron chi connectivity index (χ4n) is 1.31. The van der Waals surface area contributed by atoms with Gasteiger partial charge in [0.05, 0.1) is 22.3 Å². The summed E-state index contributed by atoms with van der Waals surface area (Å²) in [5.74, 6) is -0.430. The molecule has 0 unspecified atom stereocenters. The molecular formula is C14H18BrFN2OS. The molecule has 1 aromatic rings. The molecule has 0 bridgehead atoms. The zero-order valence-corrected chi connectivity index (χ0v) is 14.2. The second-order valence-electron chi connectivity index (χ2n) is 5.21. The molecule has 1 heterocycles. The highest BCUT2D eigenvalue weighted by molar-refractivity contribution is 9.10. The summed E-state index contributed by atoms with van der Waals surface area (Å²) in [6, 6.07) is 1.33. The second-order valence-corrected chi connectivity index (χ2v) is 7.97. The number of rotatable bonds is 5. The van der Waals surface area contributed by atoms with Gasteiger partial charge in [-0.25, -0.2) is 8.60 Å². The summed E-state index contributed by atoms with van der Waals surface area (Å²) in [4.78, 5) is 4.04. The first-order valence-corrected chi connectivity index (χ1v) is 8.07. The number of pyridine rings is 1. The van der Waals surface area contributed by atoms with Crippen molar-refractivity contribution in [3.05, 3.63) is 40.9 Å². The zero-order chi connectivity index (χ0) is 15.3. The first-order chi connectivity index (χ1) is 9.25. The molecule has 0 N–H and O–H groups in total. The lowest BCUT2D eigenvalue weighted by molar-refractivity contribution is 0.620. The third-order valence-electron chi connectivity index (χ3n) is 2.38. The minimum Gasteiger partial charge on any atom is -0.251 e. The number of halogens is 2. The molecule has 0 saturated heterocycles. The van der Waals surface area contributed by atoms with Gasteiger partial charge in [-0.1, -0.05) is 6.08 Å². The minimum absolute atomic E-state index is 0.430. The van der Waals surface area contributed by atoms with Crippen molar-refractivity contribution in [2.45, 2.75) is 38.4 Å². The van der Waals surface area contributed by atoms with Crippen LogP contribution in [0.4, 0.5) is 4.39 Å². The highest BCUT2D eigenvalue weighted by Gasteiger charge is 2.21. The number of allylic oxidation sites excluding steroid dienone is 1. The third kappa shape index (κ3) is 4.90. The molecule has 110 valence electrons. The first kappa shape index (κ1) is 17.2. The maximum Gasteiger partial charge on any atom is 0.145 e. The van der Waals surface area contributed by atoms with Crippen molar-refractivity contribution in [3.63, 3.8) is 0 Å². The van der Waals surface area contributed by atoms with Crippen molar-refractivity contribution < 1.29 is 8.60 Å². The number of hydrogen-bond acceptors (Lipinski definition) is 2. The third-order valence-corrected chi connectivity index (χ3v) is 4.42. The van der Waals surface area contributed by atoms with E-state index < -0.39 is 21.5 Å². The van der Waals surface area contributed by atoms with Crippen LogP contribution in [0, 0.1) is 5.82 Å². The van der Waals surface area contributed by atoms with E-state index in [-0.39, 0.29) is 0 Å². The van der Waals surface area contributed by atoms with E-state index in [4.69, 9.17) is 0 Å². The molecule has 0 radical (unpaired) electrons. The van der Waals surface area contributed by atoms with Gasteiger partial charge in [-0.3, -0.25) is 4.98 Å². The molecule has 6 heteroatoms. The van der Waals surface area contributed by atoms with Crippen molar-refractivity contribution in [1.82, 2.24) is 4.98 Å². The van der Waals surface area contributed by atoms with Crippen molar-refractivity contribution in [2.75, 3.05) is 0 Å². The van der Waals surface area contributed by atoms with Gasteiger partial charge >= 0.3 is 0 Å². The van der Waals surface area contributed by atoms with Crippen LogP contribution in [-0.4, -0.2) is 19.7 Å². The molecule has 20 heavy (non-hydrogen) atoms. The van der Waals surface area contributed by atoms with Gasteiger partial charge < -0.3 is 0 Å². The van der Waals surface area contributed by atoms with Crippen molar-refractivity contribution >= 4 is 32.6 Å². The van der Waals surface area contributed by atoms with Gasteiger partial charge in [-0.05, 0) is 55.6 Å². The van der Waals surface area contributed by atoms with E-state index in [9.17, 15) is 8.60 Å². The van der Waals surface area contributed by atoms with E-state index in [1.807, 2.05) is 20.8 Å². The summed E-state index contributed by atoms with van der Waals surface area (Å²) in [5.41, 5.74) is 1.11. The maximum atomic E-state index is 13.1. The van der Waals surface area contributed by atoms with Crippen molar-refractivity contribution in [2.24, 2.45) is 4.40 Å². The first-order valence-electron chi connectivity index (χ1n) is 6.17. The van der Waals surface area contributed by atoms with Crippen LogP contribution in [0.25, 0.3) is 0 Å². The summed E-state index contributed by atoms with van der Waals surface area (Å²) in [5, 5.41) is 0. The lowest BCUT2D eigenvalue weighted by Gasteiger charge is -2.15. The second kappa shape index (κ2) is 7.22. The quantitative estimate of drug-likeness (QED) is 0.583. The lowest BCUT2D eigenvalue weighted by Crippen LogP contribution is -2.21. The molecule has 0 aliphatic carbocycles. The molecule has 0 saturated carbocycles. The average Bonchev–Trinajstić information content (AvgIpc) is 2.33. The average molecular weight is 361 g/mol. The topological polar surface area (TPSA) is 42.3 Å². The molecule has 0 spiro atoms. The Bertz CT molecular complexity index is 553. The van der Waals surface area contributed by atoms with Gasteiger partial charge in [-0.2, -0.15) is 4.40 Å². The van der Waals surface area contributed by atoms with E-state index in [0.29, 0.717) is 28.7 Å². The largest absolute Gasteiger partial charge is 0.251 e. The van der Waals surface area contributed by atoms with Crippen LogP contribution in [0.15, 0.2) is 33.8 Å². The van der Waals surface area contributed by atoms with Crippen LogP contribution < -0.4 is 0 Å². The number of aromatic nitrogens is 1. The predicted molar refractivity (Wildman–Crippen MR) is 85.8 cm³/mol. The van der Waals surface area contributed by atoms with Gasteiger partial charge in [0.1, 0.15) is 16.8 Å². The Morgan fingerprint density at radius 2 is 2.25 bits per heavy atom. The normalized spacial score (nSPS) is 14.2. The van der Waals surface area contributed by atoms with Crippen LogP contribution in [0.1, 0.15) is 39.3 Å². The number of nitrogens with zero attached hydrogens (tertiary/aromatic N) is 2. The Balaban J connectivity index is 3.21. The van der Waals surface area contributed by atoms with Crippen LogP contribution >= 0.6 is 15.9 Å². The Kier molecular flexibility index (Phi) is 6.20. The summed E-state index contributed by atoms with van der Waals surface area (Å²) in [6.07, 6.45) is 4.13. The van der Waals surface area contributed by atoms with E-state index in [1.54, 1.807) is 6.08 Å². The summed E-state index contributed by atoms with van der Waals surface area (Å²) < 4.78 is 29.6. The molecule has 0 aliphatic heterocycles. The Morgan fingerprint density at radius 1 is 1.60 bits per heavy atom. The molecule has 0 amide bonds. The summed E-state index contributed by atoms with van der Waals surface area (Å²) >= 11 is 3.27. The fraction of sp³-hybridized carbons (Fsp3) is 0.429. The molecule has 1 aromatic heterocycles. The van der Waals surface area contributed by atoms with E-state index >= 15 is 0 Å². The predicted octanol–water partition coefficient (Wildman–Crippen LogP) is 4.20. The standard InChI is InChI=1S/C14H18BrFN2OS/c1-5-6-7-12(18-20(19)14(2,3)4)13-11(15)8-10(16)9-17-13/h5,8-9H,1,6-7H2,2-4H3/b18-12+/t20-/m0/s1. The van der Waals surface area contributed by atoms with Crippen LogP contribution in [0.2, 0.25) is 0 Å². The van der Waals surface area contributed by atoms with E-state index in [1.165, 1.54) is 6.07 Å². The molecule has 0 aromatic carbocycles. The Labute approximate surface area is 130 Å². The van der Waals surface area contributed by atoms with Gasteiger partial charge in [0.25, 0.3) is 0 Å². The maximum absolute atomic E-state index is 13.1. The van der Waals surface area contributed by atoms with E-state index in [2.05, 4.69) is 31.9 Å². The summed E-state index contributed by atoms with van der Waals surface area (Å²) in [7, 11) is -1.39. The molecule has 0 aliphatic rings. The van der Waals surface area contributed by atoms with Crippen LogP contribution in [-0.2, 0) is 11.0 Å². The monoisotopic (exact) mass is 360 g/mol. The smallest absolute Gasteiger partial charge is 0.145 e. The van der Waals surface area contributed by atoms with Crippen molar-refractivity contribution in [1.29, 1.82) is 0 Å². The SMILES string of the molecule is C=CCC/C(=N\[S@@](=O)C(C)(C)C)c1ncc(F)cc1Br. The summed E-state index contributed by atoms with van der Waals surface area (Å²) in [6.45, 7) is 9.22. The Morgan fingerprint density at radius 3 is 2.75 bits per heavy atom. The van der Waals surface area contributed by atoms with Gasteiger partial charge in [0.15, 0.2) is 0 Å². The van der Waals surface area contributed by atoms with Crippen molar-refractivity contribution in [3.8, 4) is 0 Å². The van der Waals surface area contributed by atoms with Crippen LogP contribution in [0.5, 0.6) is 0 Å². The molecular weight excluding hydrogens is 343 g/mol. The van der Waals surface area contributed by atoms with E-state index in [0.717, 1.165) is 6.20 Å². The molecule has 1 rings (SSSR count). The minimum atomic E-state index is -1.39. The molecule has 3 nitrogen and oxygen atoms in total. The Hall–Kier alpha value is -0.880. The highest BCUT2D eigenvalue weighted by atomic mass is 79.9. The number of hydrogen-bond donors (Lipinski definition) is 0.